The van der Waals surface area contributed by atoms with Crippen LogP contribution in [0.15, 0.2) is 23.1 Å². The number of hydrogen-bond acceptors (Lipinski definition) is 6. The van der Waals surface area contributed by atoms with E-state index >= 15 is 0 Å². The molecule has 2 rings (SSSR count). The van der Waals surface area contributed by atoms with Gasteiger partial charge in [-0.1, -0.05) is 0 Å². The van der Waals surface area contributed by atoms with E-state index in [1.165, 1.54) is 23.9 Å². The second kappa shape index (κ2) is 4.24. The van der Waals surface area contributed by atoms with Crippen LogP contribution in [-0.4, -0.2) is 22.8 Å². The predicted molar refractivity (Wildman–Crippen MR) is 61.8 cm³/mol. The van der Waals surface area contributed by atoms with Crippen LogP contribution < -0.4 is 10.5 Å². The number of nitrogens with two attached hydrogens (primary N) is 1. The lowest BCUT2D eigenvalue weighted by Crippen LogP contribution is -2.45. The number of non-ortho nitro benzene ring substituents is 1. The molecule has 0 saturated carbocycles. The fourth-order valence-electron chi connectivity index (χ4n) is 1.36. The standard InChI is InChI=1S/C10H9N3O3S/c11-4-10(12)5-16-8-3-7(13(14)15)1-2-9(8)17-6-10/h1-3H,5-6,12H2. The predicted octanol–water partition coefficient (Wildman–Crippen LogP) is 1.30. The minimum Gasteiger partial charge on any atom is -0.489 e. The van der Waals surface area contributed by atoms with E-state index in [0.717, 1.165) is 4.90 Å². The number of nitrogens with zero attached hydrogens (tertiary/aromatic N) is 2. The van der Waals surface area contributed by atoms with Crippen LogP contribution >= 0.6 is 11.8 Å². The summed E-state index contributed by atoms with van der Waals surface area (Å²) in [6, 6.07) is 6.36. The monoisotopic (exact) mass is 251 g/mol. The number of ether oxygens (including phenoxy) is 1. The quantitative estimate of drug-likeness (QED) is 0.596. The van der Waals surface area contributed by atoms with Gasteiger partial charge in [-0.15, -0.1) is 11.8 Å². The summed E-state index contributed by atoms with van der Waals surface area (Å²) in [6.07, 6.45) is 0. The molecule has 0 saturated heterocycles. The summed E-state index contributed by atoms with van der Waals surface area (Å²) in [6.45, 7) is 0.0324. The van der Waals surface area contributed by atoms with Gasteiger partial charge in [0.25, 0.3) is 5.69 Å². The Bertz CT molecular complexity index is 514. The van der Waals surface area contributed by atoms with Gasteiger partial charge in [-0.2, -0.15) is 5.26 Å². The maximum absolute atomic E-state index is 10.6. The normalized spacial score (nSPS) is 22.8. The highest BCUT2D eigenvalue weighted by Crippen LogP contribution is 2.36. The van der Waals surface area contributed by atoms with E-state index in [-0.39, 0.29) is 12.3 Å². The number of rotatable bonds is 1. The van der Waals surface area contributed by atoms with Crippen molar-refractivity contribution in [3.8, 4) is 11.8 Å². The third kappa shape index (κ3) is 2.33. The van der Waals surface area contributed by atoms with Crippen molar-refractivity contribution >= 4 is 17.4 Å². The van der Waals surface area contributed by atoms with Gasteiger partial charge in [0, 0.05) is 16.7 Å². The second-order valence-electron chi connectivity index (χ2n) is 3.73. The maximum atomic E-state index is 10.6. The summed E-state index contributed by atoms with van der Waals surface area (Å²) in [5, 5.41) is 19.5. The third-order valence-corrected chi connectivity index (χ3v) is 3.64. The molecular formula is C10H9N3O3S. The molecule has 17 heavy (non-hydrogen) atoms. The minimum absolute atomic E-state index is 0.0324. The largest absolute Gasteiger partial charge is 0.489 e. The fourth-order valence-corrected chi connectivity index (χ4v) is 2.35. The number of nitro benzene ring substituents is 1. The Balaban J connectivity index is 2.32. The van der Waals surface area contributed by atoms with Crippen LogP contribution in [0, 0.1) is 21.4 Å². The van der Waals surface area contributed by atoms with Crippen molar-refractivity contribution in [2.45, 2.75) is 10.4 Å². The summed E-state index contributed by atoms with van der Waals surface area (Å²) in [5.41, 5.74) is 4.70. The average molecular weight is 251 g/mol. The zero-order chi connectivity index (χ0) is 12.5. The first kappa shape index (κ1) is 11.7. The van der Waals surface area contributed by atoms with Crippen LogP contribution in [0.1, 0.15) is 0 Å². The number of hydrogen-bond donors (Lipinski definition) is 1. The van der Waals surface area contributed by atoms with E-state index in [0.29, 0.717) is 11.5 Å². The van der Waals surface area contributed by atoms with E-state index in [2.05, 4.69) is 0 Å². The van der Waals surface area contributed by atoms with E-state index in [4.69, 9.17) is 15.7 Å². The molecule has 1 aromatic carbocycles. The molecule has 1 aliphatic rings. The lowest BCUT2D eigenvalue weighted by Gasteiger charge is -2.16. The maximum Gasteiger partial charge on any atom is 0.273 e. The van der Waals surface area contributed by atoms with Crippen LogP contribution in [0.3, 0.4) is 0 Å². The first-order valence-corrected chi connectivity index (χ1v) is 5.77. The summed E-state index contributed by atoms with van der Waals surface area (Å²) < 4.78 is 5.37. The van der Waals surface area contributed by atoms with Crippen molar-refractivity contribution in [3.05, 3.63) is 28.3 Å². The number of nitriles is 1. The van der Waals surface area contributed by atoms with E-state index < -0.39 is 10.5 Å². The molecule has 7 heteroatoms. The summed E-state index contributed by atoms with van der Waals surface area (Å²) >= 11 is 1.37. The van der Waals surface area contributed by atoms with Gasteiger partial charge in [0.05, 0.1) is 17.1 Å². The molecule has 6 nitrogen and oxygen atoms in total. The molecule has 0 radical (unpaired) electrons. The molecule has 88 valence electrons. The lowest BCUT2D eigenvalue weighted by atomic mass is 10.1. The number of nitro groups is 1. The fraction of sp³-hybridized carbons (Fsp3) is 0.300. The summed E-state index contributed by atoms with van der Waals surface area (Å²) in [5.74, 6) is 0.806. The van der Waals surface area contributed by atoms with Gasteiger partial charge >= 0.3 is 0 Å². The number of benzene rings is 1. The van der Waals surface area contributed by atoms with Crippen molar-refractivity contribution in [3.63, 3.8) is 0 Å². The highest BCUT2D eigenvalue weighted by molar-refractivity contribution is 7.99. The van der Waals surface area contributed by atoms with Crippen LogP contribution in [0.25, 0.3) is 0 Å². The molecule has 2 N–H and O–H groups in total. The smallest absolute Gasteiger partial charge is 0.273 e. The van der Waals surface area contributed by atoms with Gasteiger partial charge in [0.15, 0.2) is 0 Å². The molecule has 1 aromatic rings. The molecule has 0 amide bonds. The second-order valence-corrected chi connectivity index (χ2v) is 4.75. The Hall–Kier alpha value is -1.78. The molecule has 1 atom stereocenters. The molecule has 1 unspecified atom stereocenters. The molecule has 0 bridgehead atoms. The van der Waals surface area contributed by atoms with Crippen molar-refractivity contribution in [1.82, 2.24) is 0 Å². The Morgan fingerprint density at radius 1 is 1.65 bits per heavy atom. The highest BCUT2D eigenvalue weighted by atomic mass is 32.2. The first-order valence-electron chi connectivity index (χ1n) is 4.78. The van der Waals surface area contributed by atoms with Gasteiger partial charge in [0.1, 0.15) is 17.9 Å². The zero-order valence-corrected chi connectivity index (χ0v) is 9.57. The molecule has 0 aromatic heterocycles. The van der Waals surface area contributed by atoms with Gasteiger partial charge in [0.2, 0.25) is 0 Å². The molecule has 0 spiro atoms. The third-order valence-electron chi connectivity index (χ3n) is 2.33. The molecular weight excluding hydrogens is 242 g/mol. The van der Waals surface area contributed by atoms with Crippen molar-refractivity contribution in [2.24, 2.45) is 5.73 Å². The lowest BCUT2D eigenvalue weighted by molar-refractivity contribution is -0.385. The van der Waals surface area contributed by atoms with Crippen molar-refractivity contribution < 1.29 is 9.66 Å². The van der Waals surface area contributed by atoms with Crippen LogP contribution in [0.2, 0.25) is 0 Å². The van der Waals surface area contributed by atoms with Crippen LogP contribution in [0.4, 0.5) is 5.69 Å². The zero-order valence-electron chi connectivity index (χ0n) is 8.75. The Morgan fingerprint density at radius 3 is 3.06 bits per heavy atom. The minimum atomic E-state index is -1.06. The van der Waals surface area contributed by atoms with Gasteiger partial charge in [-0.05, 0) is 6.07 Å². The molecule has 0 fully saturated rings. The number of fused-ring (bicyclic) bond motifs is 1. The molecule has 0 aliphatic carbocycles. The van der Waals surface area contributed by atoms with Gasteiger partial charge in [-0.3, -0.25) is 10.1 Å². The van der Waals surface area contributed by atoms with Crippen LogP contribution in [-0.2, 0) is 0 Å². The van der Waals surface area contributed by atoms with Gasteiger partial charge in [-0.25, -0.2) is 0 Å². The van der Waals surface area contributed by atoms with E-state index in [1.54, 1.807) is 6.07 Å². The Kier molecular flexibility index (Phi) is 2.92. The molecule has 1 heterocycles. The van der Waals surface area contributed by atoms with E-state index in [9.17, 15) is 10.1 Å². The average Bonchev–Trinajstić information content (AvgIpc) is 2.50. The summed E-state index contributed by atoms with van der Waals surface area (Å²) in [7, 11) is 0. The molecule has 1 aliphatic heterocycles. The van der Waals surface area contributed by atoms with E-state index in [1.807, 2.05) is 6.07 Å². The van der Waals surface area contributed by atoms with Crippen molar-refractivity contribution in [2.75, 3.05) is 12.4 Å². The van der Waals surface area contributed by atoms with Crippen molar-refractivity contribution in [1.29, 1.82) is 5.26 Å². The topological polar surface area (TPSA) is 102 Å². The number of thioether (sulfide) groups is 1. The SMILES string of the molecule is N#CC1(N)COc2cc([N+](=O)[O-])ccc2SC1. The highest BCUT2D eigenvalue weighted by Gasteiger charge is 2.30. The Labute approximate surface area is 102 Å². The van der Waals surface area contributed by atoms with Gasteiger partial charge < -0.3 is 10.5 Å². The Morgan fingerprint density at radius 2 is 2.41 bits per heavy atom. The van der Waals surface area contributed by atoms with Crippen LogP contribution in [0.5, 0.6) is 5.75 Å². The first-order chi connectivity index (χ1) is 8.04. The summed E-state index contributed by atoms with van der Waals surface area (Å²) in [4.78, 5) is 10.9.